The fourth-order valence-corrected chi connectivity index (χ4v) is 10.4. The number of carbonyl (C=O) groups excluding carboxylic acids is 2. The molecule has 4 fully saturated rings. The van der Waals surface area contributed by atoms with E-state index in [1.165, 1.54) is 11.8 Å². The number of rotatable bonds is 18. The van der Waals surface area contributed by atoms with Gasteiger partial charge in [-0.25, -0.2) is 0 Å². The van der Waals surface area contributed by atoms with Crippen molar-refractivity contribution in [3.63, 3.8) is 0 Å². The van der Waals surface area contributed by atoms with Crippen LogP contribution in [0.3, 0.4) is 0 Å². The number of thiocarbonyl (C=S) groups is 2. The van der Waals surface area contributed by atoms with Crippen LogP contribution in [-0.4, -0.2) is 213 Å². The second-order valence-electron chi connectivity index (χ2n) is 18.0. The molecular weight excluding hydrogens is 989 g/mol. The van der Waals surface area contributed by atoms with Crippen LogP contribution in [0.1, 0.15) is 43.8 Å². The predicted octanol–water partition coefficient (Wildman–Crippen LogP) is -6.25. The third kappa shape index (κ3) is 12.7. The van der Waals surface area contributed by atoms with Crippen LogP contribution in [0.2, 0.25) is 0 Å². The van der Waals surface area contributed by atoms with Crippen molar-refractivity contribution in [2.75, 3.05) is 44.2 Å². The molecule has 3 aliphatic heterocycles. The van der Waals surface area contributed by atoms with E-state index in [1.807, 2.05) is 0 Å². The molecule has 71 heavy (non-hydrogen) atoms. The number of nitrogens with two attached hydrogens (primary N) is 6. The first-order valence-electron chi connectivity index (χ1n) is 23.3. The second-order valence-corrected chi connectivity index (χ2v) is 20.0. The molecule has 22 N–H and O–H groups in total. The largest absolute Gasteiger partial charge is 0.389 e. The van der Waals surface area contributed by atoms with Crippen molar-refractivity contribution in [2.24, 2.45) is 34.4 Å². The van der Waals surface area contributed by atoms with E-state index in [9.17, 15) is 40.2 Å². The van der Waals surface area contributed by atoms with E-state index in [1.54, 1.807) is 42.5 Å². The van der Waals surface area contributed by atoms with Crippen molar-refractivity contribution >= 4 is 58.0 Å². The van der Waals surface area contributed by atoms with Gasteiger partial charge in [0.1, 0.15) is 61.0 Å². The van der Waals surface area contributed by atoms with E-state index in [0.29, 0.717) is 64.4 Å². The topological polar surface area (TPSA) is 415 Å². The number of ether oxygens (including phenoxy) is 6. The number of aliphatic hydroxyl groups is 6. The molecule has 5 aliphatic rings. The minimum Gasteiger partial charge on any atom is -0.389 e. The van der Waals surface area contributed by atoms with Crippen LogP contribution >= 0.6 is 36.2 Å². The number of aliphatic hydroxyl groups excluding tert-OH is 6. The lowest BCUT2D eigenvalue weighted by atomic mass is 9.83. The molecule has 3 saturated heterocycles. The Hall–Kier alpha value is -3.21. The maximum atomic E-state index is 13.1. The maximum Gasteiger partial charge on any atom is 0.194 e. The third-order valence-electron chi connectivity index (χ3n) is 13.1. The summed E-state index contributed by atoms with van der Waals surface area (Å²) in [4.78, 5) is 26.1. The molecule has 3 heterocycles. The highest BCUT2D eigenvalue weighted by Gasteiger charge is 2.54. The molecule has 0 bridgehead atoms. The fraction of sp³-hybridized carbons (Fsp3) is 0.636. The van der Waals surface area contributed by atoms with Crippen LogP contribution in [0.15, 0.2) is 42.5 Å². The Morgan fingerprint density at radius 2 is 1.10 bits per heavy atom. The Bertz CT molecular complexity index is 2180. The van der Waals surface area contributed by atoms with E-state index < -0.39 is 116 Å². The minimum absolute atomic E-state index is 0.0754. The lowest BCUT2D eigenvalue weighted by Gasteiger charge is -2.47. The van der Waals surface area contributed by atoms with Crippen LogP contribution in [0.25, 0.3) is 0 Å². The van der Waals surface area contributed by atoms with Gasteiger partial charge in [0.2, 0.25) is 0 Å². The first-order valence-corrected chi connectivity index (χ1v) is 25.3. The van der Waals surface area contributed by atoms with Crippen LogP contribution in [0.5, 0.6) is 0 Å². The molecule has 2 aromatic rings. The van der Waals surface area contributed by atoms with Crippen molar-refractivity contribution in [3.8, 4) is 0 Å². The number of nitrogens with one attached hydrogen (secondary N) is 4. The summed E-state index contributed by atoms with van der Waals surface area (Å²) >= 11 is 12.3. The van der Waals surface area contributed by atoms with Gasteiger partial charge in [-0.2, -0.15) is 11.8 Å². The van der Waals surface area contributed by atoms with Gasteiger partial charge in [-0.05, 0) is 48.6 Å². The van der Waals surface area contributed by atoms with Gasteiger partial charge in [0.25, 0.3) is 0 Å². The Morgan fingerprint density at radius 3 is 1.69 bits per heavy atom. The first kappa shape index (κ1) is 55.5. The standard InChI is InChI=1S/C44H66N10O14S3/c45-13-24-32(58)34(60)27(49)40(63-24)66-37-23(48)12-22(47)31(57)39(37)68-42-36(62)38(67-41-28(50)35(61)33(59)25(14-46)64-41)26(65-42)16-71-10-9-53-43(69)51-7-8-52-44(70)54-15-17-5-6-20-21(11-17)30(56)19-4-2-1-3-18(19)29(20)55/h1-6,11,22-28,31-42,57-62H,7-10,12-16,45-50H2,(H2,51,53,69)(H2,52,54,70)/t22-,23+,24-,25?,26-,27-,28-,31+,32-,33-,34-,35-,36-,37-,38-,39-,40-,41-,42+/m1/s1. The number of carbonyl (C=O) groups is 2. The number of thioether (sulfide) groups is 1. The summed E-state index contributed by atoms with van der Waals surface area (Å²) in [5.74, 6) is 0.316. The normalized spacial score (nSPS) is 36.9. The van der Waals surface area contributed by atoms with Gasteiger partial charge in [0, 0.05) is 85.1 Å². The van der Waals surface area contributed by atoms with E-state index in [0.717, 1.165) is 5.56 Å². The quantitative estimate of drug-likeness (QED) is 0.0416. The molecule has 394 valence electrons. The average Bonchev–Trinajstić information content (AvgIpc) is 3.65. The summed E-state index contributed by atoms with van der Waals surface area (Å²) in [5.41, 5.74) is 39.0. The molecule has 0 amide bonds. The van der Waals surface area contributed by atoms with Gasteiger partial charge in [-0.3, -0.25) is 9.59 Å². The zero-order valence-corrected chi connectivity index (χ0v) is 41.0. The van der Waals surface area contributed by atoms with E-state index in [2.05, 4.69) is 21.3 Å². The van der Waals surface area contributed by atoms with Crippen LogP contribution < -0.4 is 55.7 Å². The van der Waals surface area contributed by atoms with Crippen molar-refractivity contribution in [1.29, 1.82) is 0 Å². The summed E-state index contributed by atoms with van der Waals surface area (Å²) in [6.07, 6.45) is -19.6. The molecule has 19 atom stereocenters. The summed E-state index contributed by atoms with van der Waals surface area (Å²) < 4.78 is 36.5. The van der Waals surface area contributed by atoms with Crippen molar-refractivity contribution in [2.45, 2.75) is 129 Å². The number of hydrogen-bond acceptors (Lipinski definition) is 23. The average molecular weight is 1060 g/mol. The van der Waals surface area contributed by atoms with Crippen LogP contribution in [0, 0.1) is 0 Å². The predicted molar refractivity (Wildman–Crippen MR) is 264 cm³/mol. The summed E-state index contributed by atoms with van der Waals surface area (Å²) in [5, 5.41) is 78.5. The lowest BCUT2D eigenvalue weighted by Crippen LogP contribution is -2.68. The molecular formula is C44H66N10O14S3. The second kappa shape index (κ2) is 24.9. The van der Waals surface area contributed by atoms with Gasteiger partial charge in [0.15, 0.2) is 40.7 Å². The highest BCUT2D eigenvalue weighted by atomic mass is 32.2. The summed E-state index contributed by atoms with van der Waals surface area (Å²) in [7, 11) is 0. The zero-order valence-electron chi connectivity index (χ0n) is 38.5. The molecule has 1 unspecified atom stereocenters. The molecule has 1 saturated carbocycles. The van der Waals surface area contributed by atoms with E-state index >= 15 is 0 Å². The van der Waals surface area contributed by atoms with Crippen molar-refractivity contribution in [1.82, 2.24) is 21.3 Å². The fourth-order valence-electron chi connectivity index (χ4n) is 9.08. The molecule has 0 spiro atoms. The van der Waals surface area contributed by atoms with Gasteiger partial charge in [-0.15, -0.1) is 0 Å². The smallest absolute Gasteiger partial charge is 0.194 e. The summed E-state index contributed by atoms with van der Waals surface area (Å²) in [6, 6.07) is 7.66. The van der Waals surface area contributed by atoms with Crippen molar-refractivity contribution in [3.05, 3.63) is 70.3 Å². The SMILES string of the molecule is NCC1O[C@H](O[C@H]2[C@@H](O)[C@H](O[C@@H]3[C@@H](O)[C@H](N)C[C@H](N)[C@H]3O[C@H]3O[C@H](CN)[C@@H](O)[C@H](O)[C@H]3N)O[C@@H]2CSCCNC(=S)NCCNC(=S)NCc2ccc3c(c2)C(=O)c2ccccc2C3=O)[C@H](N)[C@@H](O)[C@@H]1O. The summed E-state index contributed by atoms with van der Waals surface area (Å²) in [6.45, 7) is 1.23. The van der Waals surface area contributed by atoms with E-state index in [4.69, 9.17) is 87.3 Å². The zero-order chi connectivity index (χ0) is 51.3. The number of ketones is 2. The molecule has 27 heteroatoms. The van der Waals surface area contributed by atoms with Gasteiger partial charge in [-0.1, -0.05) is 30.3 Å². The Kier molecular flexibility index (Phi) is 19.5. The van der Waals surface area contributed by atoms with Crippen molar-refractivity contribution < 1.29 is 68.6 Å². The highest BCUT2D eigenvalue weighted by molar-refractivity contribution is 7.99. The third-order valence-corrected chi connectivity index (χ3v) is 14.8. The molecule has 24 nitrogen and oxygen atoms in total. The van der Waals surface area contributed by atoms with Gasteiger partial charge >= 0.3 is 0 Å². The van der Waals surface area contributed by atoms with Crippen LogP contribution in [0.4, 0.5) is 0 Å². The molecule has 0 radical (unpaired) electrons. The highest BCUT2D eigenvalue weighted by Crippen LogP contribution is 2.36. The monoisotopic (exact) mass is 1050 g/mol. The minimum atomic E-state index is -1.57. The molecule has 2 aliphatic carbocycles. The Balaban J connectivity index is 0.893. The first-order chi connectivity index (χ1) is 33.9. The Labute approximate surface area is 424 Å². The van der Waals surface area contributed by atoms with E-state index in [-0.39, 0.29) is 36.8 Å². The molecule has 2 aromatic carbocycles. The number of benzene rings is 2. The number of hydrogen-bond donors (Lipinski definition) is 16. The molecule has 7 rings (SSSR count). The van der Waals surface area contributed by atoms with Gasteiger partial charge < -0.3 is 115 Å². The van der Waals surface area contributed by atoms with Gasteiger partial charge in [0.05, 0.1) is 24.3 Å². The lowest BCUT2D eigenvalue weighted by molar-refractivity contribution is -0.306. The molecule has 0 aromatic heterocycles. The van der Waals surface area contributed by atoms with Crippen LogP contribution in [-0.2, 0) is 35.0 Å². The number of fused-ring (bicyclic) bond motifs is 2. The Morgan fingerprint density at radius 1 is 0.592 bits per heavy atom. The maximum absolute atomic E-state index is 13.1.